The first-order valence-corrected chi connectivity index (χ1v) is 6.56. The highest BCUT2D eigenvalue weighted by Crippen LogP contribution is 2.32. The average molecular weight is 318 g/mol. The fraction of sp³-hybridized carbons (Fsp3) is 0.167. The summed E-state index contributed by atoms with van der Waals surface area (Å²) in [6, 6.07) is 7.12. The van der Waals surface area contributed by atoms with Crippen molar-refractivity contribution in [2.45, 2.75) is 12.7 Å². The van der Waals surface area contributed by atoms with Crippen LogP contribution in [0.4, 0.5) is 18.3 Å². The summed E-state index contributed by atoms with van der Waals surface area (Å²) in [6.45, 7) is -0.0512. The molecule has 0 amide bonds. The summed E-state index contributed by atoms with van der Waals surface area (Å²) in [5.41, 5.74) is -0.597. The molecule has 0 aliphatic rings. The minimum atomic E-state index is -4.41. The van der Waals surface area contributed by atoms with Gasteiger partial charge in [-0.3, -0.25) is 0 Å². The highest BCUT2D eigenvalue weighted by Gasteiger charge is 2.32. The molecule has 20 heavy (non-hydrogen) atoms. The Balaban J connectivity index is 2.17. The monoisotopic (exact) mass is 317 g/mol. The van der Waals surface area contributed by atoms with Gasteiger partial charge in [-0.05, 0) is 11.6 Å². The molecule has 0 bridgehead atoms. The average Bonchev–Trinajstić information content (AvgIpc) is 2.76. The van der Waals surface area contributed by atoms with Gasteiger partial charge in [-0.25, -0.2) is 4.98 Å². The number of rotatable bonds is 3. The number of nitrogens with one attached hydrogen (secondary N) is 1. The second-order valence-electron chi connectivity index (χ2n) is 3.76. The number of aromatic nitrogens is 1. The lowest BCUT2D eigenvalue weighted by Crippen LogP contribution is -2.11. The van der Waals surface area contributed by atoms with Crippen molar-refractivity contribution in [3.63, 3.8) is 0 Å². The number of alkyl halides is 3. The molecule has 1 heterocycles. The van der Waals surface area contributed by atoms with E-state index < -0.39 is 11.7 Å². The minimum Gasteiger partial charge on any atom is -0.357 e. The van der Waals surface area contributed by atoms with Crippen molar-refractivity contribution in [2.75, 3.05) is 5.32 Å². The van der Waals surface area contributed by atoms with Gasteiger partial charge in [0.1, 0.15) is 10.9 Å². The number of anilines is 1. The van der Waals surface area contributed by atoms with E-state index in [1.807, 2.05) is 6.07 Å². The van der Waals surface area contributed by atoms with Crippen LogP contribution in [0.25, 0.3) is 0 Å². The van der Waals surface area contributed by atoms with E-state index in [-0.39, 0.29) is 22.1 Å². The zero-order valence-corrected chi connectivity index (χ0v) is 11.4. The minimum absolute atomic E-state index is 0.0455. The van der Waals surface area contributed by atoms with Gasteiger partial charge in [0, 0.05) is 6.54 Å². The van der Waals surface area contributed by atoms with Crippen molar-refractivity contribution in [3.05, 3.63) is 45.4 Å². The van der Waals surface area contributed by atoms with Crippen molar-refractivity contribution in [3.8, 4) is 6.07 Å². The first kappa shape index (κ1) is 14.6. The predicted octanol–water partition coefficient (Wildman–Crippen LogP) is 4.30. The van der Waals surface area contributed by atoms with Gasteiger partial charge in [-0.15, -0.1) is 0 Å². The first-order valence-electron chi connectivity index (χ1n) is 5.37. The number of nitrogens with zero attached hydrogens (tertiary/aromatic N) is 2. The summed E-state index contributed by atoms with van der Waals surface area (Å²) in [7, 11) is 0. The fourth-order valence-electron chi connectivity index (χ4n) is 1.57. The molecule has 1 aromatic carbocycles. The molecule has 0 fully saturated rings. The summed E-state index contributed by atoms with van der Waals surface area (Å²) < 4.78 is 38.4. The summed E-state index contributed by atoms with van der Waals surface area (Å²) in [5, 5.41) is 11.8. The maximum Gasteiger partial charge on any atom is 0.416 e. The molecule has 1 N–H and O–H groups in total. The van der Waals surface area contributed by atoms with Gasteiger partial charge in [0.2, 0.25) is 0 Å². The lowest BCUT2D eigenvalue weighted by Gasteiger charge is -2.12. The van der Waals surface area contributed by atoms with Gasteiger partial charge in [0.15, 0.2) is 10.3 Å². The number of thiazole rings is 1. The Kier molecular flexibility index (Phi) is 4.16. The number of hydrogen-bond acceptors (Lipinski definition) is 4. The molecule has 0 unspecified atom stereocenters. The second kappa shape index (κ2) is 5.69. The lowest BCUT2D eigenvalue weighted by atomic mass is 10.1. The van der Waals surface area contributed by atoms with E-state index in [1.54, 1.807) is 0 Å². The van der Waals surface area contributed by atoms with E-state index in [9.17, 15) is 13.2 Å². The summed E-state index contributed by atoms with van der Waals surface area (Å²) in [4.78, 5) is 4.08. The third-order valence-corrected chi connectivity index (χ3v) is 3.74. The molecule has 8 heteroatoms. The Labute approximate surface area is 121 Å². The standard InChI is InChI=1S/C12H7ClF3N3S/c13-10-9(5-17)20-11(19-10)18-6-7-3-1-2-4-8(7)12(14,15)16/h1-4H,6H2,(H,18,19). The molecule has 0 atom stereocenters. The van der Waals surface area contributed by atoms with Gasteiger partial charge in [0.05, 0.1) is 5.56 Å². The molecule has 104 valence electrons. The summed E-state index contributed by atoms with van der Waals surface area (Å²) in [5.74, 6) is 0. The molecule has 2 rings (SSSR count). The van der Waals surface area contributed by atoms with Gasteiger partial charge >= 0.3 is 6.18 Å². The Morgan fingerprint density at radius 2 is 2.05 bits per heavy atom. The maximum absolute atomic E-state index is 12.8. The highest BCUT2D eigenvalue weighted by atomic mass is 35.5. The zero-order valence-electron chi connectivity index (χ0n) is 9.83. The van der Waals surface area contributed by atoms with E-state index in [4.69, 9.17) is 16.9 Å². The van der Waals surface area contributed by atoms with Crippen molar-refractivity contribution in [2.24, 2.45) is 0 Å². The molecule has 0 aliphatic carbocycles. The van der Waals surface area contributed by atoms with Crippen molar-refractivity contribution < 1.29 is 13.2 Å². The maximum atomic E-state index is 12.8. The fourth-order valence-corrected chi connectivity index (χ4v) is 2.51. The van der Waals surface area contributed by atoms with E-state index >= 15 is 0 Å². The quantitative estimate of drug-likeness (QED) is 0.918. The van der Waals surface area contributed by atoms with E-state index in [1.165, 1.54) is 18.2 Å². The Hall–Kier alpha value is -1.78. The third kappa shape index (κ3) is 3.21. The van der Waals surface area contributed by atoms with Crippen LogP contribution < -0.4 is 5.32 Å². The van der Waals surface area contributed by atoms with Gasteiger partial charge in [0.25, 0.3) is 0 Å². The molecule has 2 aromatic rings. The van der Waals surface area contributed by atoms with Crippen molar-refractivity contribution >= 4 is 28.1 Å². The zero-order chi connectivity index (χ0) is 14.8. The number of benzene rings is 1. The lowest BCUT2D eigenvalue weighted by molar-refractivity contribution is -0.138. The van der Waals surface area contributed by atoms with Crippen LogP contribution in [0, 0.1) is 11.3 Å². The first-order chi connectivity index (χ1) is 9.41. The van der Waals surface area contributed by atoms with Gasteiger partial charge in [-0.2, -0.15) is 18.4 Å². The Morgan fingerprint density at radius 3 is 2.65 bits per heavy atom. The molecule has 0 aliphatic heterocycles. The number of hydrogen-bond donors (Lipinski definition) is 1. The molecule has 0 saturated carbocycles. The molecule has 3 nitrogen and oxygen atoms in total. The largest absolute Gasteiger partial charge is 0.416 e. The van der Waals surface area contributed by atoms with E-state index in [2.05, 4.69) is 10.3 Å². The molecular weight excluding hydrogens is 311 g/mol. The van der Waals surface area contributed by atoms with Crippen molar-refractivity contribution in [1.82, 2.24) is 4.98 Å². The topological polar surface area (TPSA) is 48.7 Å². The van der Waals surface area contributed by atoms with Crippen LogP contribution in [0.5, 0.6) is 0 Å². The normalized spacial score (nSPS) is 11.2. The van der Waals surface area contributed by atoms with Crippen LogP contribution in [0.2, 0.25) is 5.15 Å². The SMILES string of the molecule is N#Cc1sc(NCc2ccccc2C(F)(F)F)nc1Cl. The van der Waals surface area contributed by atoms with E-state index in [0.717, 1.165) is 17.4 Å². The summed E-state index contributed by atoms with van der Waals surface area (Å²) >= 11 is 6.68. The Bertz CT molecular complexity index is 661. The Morgan fingerprint density at radius 1 is 1.35 bits per heavy atom. The van der Waals surface area contributed by atoms with Gasteiger partial charge < -0.3 is 5.32 Å². The predicted molar refractivity (Wildman–Crippen MR) is 70.6 cm³/mol. The number of halogens is 4. The van der Waals surface area contributed by atoms with Crippen molar-refractivity contribution in [1.29, 1.82) is 5.26 Å². The molecular formula is C12H7ClF3N3S. The van der Waals surface area contributed by atoms with Crippen LogP contribution in [0.3, 0.4) is 0 Å². The summed E-state index contributed by atoms with van der Waals surface area (Å²) in [6.07, 6.45) is -4.41. The smallest absolute Gasteiger partial charge is 0.357 e. The van der Waals surface area contributed by atoms with Crippen LogP contribution in [0.15, 0.2) is 24.3 Å². The van der Waals surface area contributed by atoms with E-state index in [0.29, 0.717) is 5.13 Å². The van der Waals surface area contributed by atoms with Crippen LogP contribution >= 0.6 is 22.9 Å². The number of nitriles is 1. The van der Waals surface area contributed by atoms with Crippen LogP contribution in [0.1, 0.15) is 16.0 Å². The van der Waals surface area contributed by atoms with Crippen LogP contribution in [-0.4, -0.2) is 4.98 Å². The molecule has 0 radical (unpaired) electrons. The molecule has 0 spiro atoms. The highest BCUT2D eigenvalue weighted by molar-refractivity contribution is 7.16. The molecule has 0 saturated heterocycles. The third-order valence-electron chi connectivity index (χ3n) is 2.44. The van der Waals surface area contributed by atoms with Gasteiger partial charge in [-0.1, -0.05) is 41.1 Å². The molecule has 1 aromatic heterocycles. The van der Waals surface area contributed by atoms with Crippen LogP contribution in [-0.2, 0) is 12.7 Å². The second-order valence-corrected chi connectivity index (χ2v) is 5.12.